The molecule has 7 heteroatoms. The van der Waals surface area contributed by atoms with Crippen molar-refractivity contribution >= 4 is 103 Å². The van der Waals surface area contributed by atoms with Gasteiger partial charge in [-0.05, 0) is 161 Å². The number of fused-ring (bicyclic) bond motifs is 8. The van der Waals surface area contributed by atoms with Crippen LogP contribution in [0.5, 0.6) is 11.5 Å². The molecule has 0 N–H and O–H groups in total. The van der Waals surface area contributed by atoms with Crippen molar-refractivity contribution in [1.82, 2.24) is 0 Å². The van der Waals surface area contributed by atoms with Gasteiger partial charge in [0.15, 0.2) is 0 Å². The summed E-state index contributed by atoms with van der Waals surface area (Å²) in [5.74, 6) is 3.56. The second kappa shape index (κ2) is 14.8. The van der Waals surface area contributed by atoms with Gasteiger partial charge in [0, 0.05) is 75.0 Å². The van der Waals surface area contributed by atoms with E-state index in [9.17, 15) is 0 Å². The van der Waals surface area contributed by atoms with Gasteiger partial charge in [-0.25, -0.2) is 0 Å². The summed E-state index contributed by atoms with van der Waals surface area (Å²) in [6.45, 7) is -0.0808. The van der Waals surface area contributed by atoms with Crippen LogP contribution in [-0.2, 0) is 0 Å². The minimum atomic E-state index is -0.0576. The lowest BCUT2D eigenvalue weighted by Crippen LogP contribution is -2.64. The van der Waals surface area contributed by atoms with Crippen LogP contribution in [0.15, 0.2) is 206 Å². The third kappa shape index (κ3) is 5.57. The maximum absolute atomic E-state index is 7.49. The number of nitrogens with zero attached hydrogens (tertiary/aromatic N) is 4. The van der Waals surface area contributed by atoms with E-state index in [0.717, 1.165) is 46.0 Å². The van der Waals surface area contributed by atoms with Crippen LogP contribution in [0.3, 0.4) is 0 Å². The lowest BCUT2D eigenvalue weighted by atomic mass is 9.30. The highest BCUT2D eigenvalue weighted by atomic mass is 16.5. The fourth-order valence-electron chi connectivity index (χ4n) is 14.6. The molecule has 4 bridgehead atoms. The number of hydrogen-bond donors (Lipinski definition) is 0. The van der Waals surface area contributed by atoms with Crippen molar-refractivity contribution in [2.24, 2.45) is 11.8 Å². The minimum Gasteiger partial charge on any atom is -0.458 e. The Bertz CT molecular complexity index is 3560. The van der Waals surface area contributed by atoms with E-state index < -0.39 is 0 Å². The first-order chi connectivity index (χ1) is 34.7. The first kappa shape index (κ1) is 39.0. The third-order valence-electron chi connectivity index (χ3n) is 17.1. The maximum atomic E-state index is 7.49. The highest BCUT2D eigenvalue weighted by molar-refractivity contribution is 7.02. The minimum absolute atomic E-state index is 0.0232. The predicted molar refractivity (Wildman–Crippen MR) is 292 cm³/mol. The molecule has 0 spiro atoms. The Labute approximate surface area is 410 Å². The fourth-order valence-corrected chi connectivity index (χ4v) is 14.6. The smallest absolute Gasteiger partial charge is 0.256 e. The number of rotatable bonds is 5. The van der Waals surface area contributed by atoms with E-state index in [4.69, 9.17) is 4.74 Å². The molecule has 332 valence electrons. The van der Waals surface area contributed by atoms with Crippen molar-refractivity contribution in [1.29, 1.82) is 0 Å². The van der Waals surface area contributed by atoms with Crippen LogP contribution in [-0.4, -0.2) is 25.5 Å². The van der Waals surface area contributed by atoms with E-state index in [1.807, 2.05) is 0 Å². The lowest BCUT2D eigenvalue weighted by Gasteiger charge is -2.58. The molecule has 4 fully saturated rings. The Balaban J connectivity index is 0.971. The molecule has 5 nitrogen and oxygen atoms in total. The quantitative estimate of drug-likeness (QED) is 0.160. The summed E-state index contributed by atoms with van der Waals surface area (Å²) in [5, 5.41) is 0. The maximum Gasteiger partial charge on any atom is 0.256 e. The molecule has 9 aromatic carbocycles. The van der Waals surface area contributed by atoms with E-state index in [0.29, 0.717) is 12.1 Å². The van der Waals surface area contributed by atoms with E-state index >= 15 is 0 Å². The van der Waals surface area contributed by atoms with Crippen LogP contribution >= 0.6 is 0 Å². The molecule has 2 aliphatic carbocycles. The van der Waals surface area contributed by atoms with Gasteiger partial charge in [0.25, 0.3) is 13.4 Å². The third-order valence-corrected chi connectivity index (χ3v) is 17.1. The topological polar surface area (TPSA) is 22.2 Å². The number of ether oxygens (including phenoxy) is 1. The number of para-hydroxylation sites is 5. The summed E-state index contributed by atoms with van der Waals surface area (Å²) in [6.07, 6.45) is 6.67. The van der Waals surface area contributed by atoms with Crippen molar-refractivity contribution in [2.45, 2.75) is 44.2 Å². The standard InChI is InChI=1S/C63H48B2N4O/c1-5-17-42(18-6-1)43-34-57-63-61(35-43)70-60-39-56-52(38-53(60)65(63)51-26-14-16-28-55(51)67(57)44-19-7-2-8-20-44)64-50-25-13-15-27-54(50)68(45-21-9-3-10-22-45)58-36-49(66-47-30-40-29-41(32-47)33-48(66)31-40)37-59(62(58)64)69(56)46-23-11-4-12-24-46/h1-28,34-41,47-48H,29-33H2. The molecule has 8 aliphatic rings. The highest BCUT2D eigenvalue weighted by Gasteiger charge is 2.50. The molecule has 2 saturated heterocycles. The van der Waals surface area contributed by atoms with Crippen LogP contribution in [0.25, 0.3) is 11.1 Å². The second-order valence-electron chi connectivity index (χ2n) is 20.8. The van der Waals surface area contributed by atoms with Crippen molar-refractivity contribution in [3.63, 3.8) is 0 Å². The van der Waals surface area contributed by atoms with E-state index in [-0.39, 0.29) is 13.4 Å². The first-order valence-corrected chi connectivity index (χ1v) is 25.5. The van der Waals surface area contributed by atoms with Crippen molar-refractivity contribution in [3.05, 3.63) is 206 Å². The Morgan fingerprint density at radius 3 is 1.36 bits per heavy atom. The van der Waals surface area contributed by atoms with E-state index in [1.54, 1.807) is 0 Å². The van der Waals surface area contributed by atoms with Crippen molar-refractivity contribution < 1.29 is 4.74 Å². The van der Waals surface area contributed by atoms with Gasteiger partial charge in [0.2, 0.25) is 0 Å². The summed E-state index contributed by atoms with van der Waals surface area (Å²) in [7, 11) is 0. The normalized spacial score (nSPS) is 20.2. The first-order valence-electron chi connectivity index (χ1n) is 25.5. The molecule has 70 heavy (non-hydrogen) atoms. The number of anilines is 10. The summed E-state index contributed by atoms with van der Waals surface area (Å²) in [6, 6.07) is 78.1. The molecular weight excluding hydrogens is 850 g/mol. The molecule has 0 radical (unpaired) electrons. The van der Waals surface area contributed by atoms with Gasteiger partial charge >= 0.3 is 0 Å². The predicted octanol–water partition coefficient (Wildman–Crippen LogP) is 11.6. The molecule has 9 aromatic rings. The average Bonchev–Trinajstić information content (AvgIpc) is 3.41. The van der Waals surface area contributed by atoms with Gasteiger partial charge in [0.05, 0.1) is 0 Å². The Kier molecular flexibility index (Phi) is 8.25. The Morgan fingerprint density at radius 1 is 0.329 bits per heavy atom. The largest absolute Gasteiger partial charge is 0.458 e. The molecule has 17 rings (SSSR count). The summed E-state index contributed by atoms with van der Waals surface area (Å²) in [5.41, 5.74) is 22.1. The van der Waals surface area contributed by atoms with Crippen LogP contribution in [0.2, 0.25) is 0 Å². The summed E-state index contributed by atoms with van der Waals surface area (Å²) in [4.78, 5) is 10.5. The van der Waals surface area contributed by atoms with Crippen molar-refractivity contribution in [3.8, 4) is 22.6 Å². The Morgan fingerprint density at radius 2 is 0.800 bits per heavy atom. The number of hydrogen-bond acceptors (Lipinski definition) is 5. The van der Waals surface area contributed by atoms with Crippen LogP contribution in [0.1, 0.15) is 32.1 Å². The van der Waals surface area contributed by atoms with Crippen LogP contribution < -0.4 is 57.1 Å². The second-order valence-corrected chi connectivity index (χ2v) is 20.8. The van der Waals surface area contributed by atoms with Crippen molar-refractivity contribution in [2.75, 3.05) is 19.6 Å². The monoisotopic (exact) mass is 898 g/mol. The fraction of sp³-hybridized carbons (Fsp3) is 0.143. The zero-order chi connectivity index (χ0) is 45.6. The van der Waals surface area contributed by atoms with Gasteiger partial charge in [-0.15, -0.1) is 0 Å². The average molecular weight is 899 g/mol. The molecule has 2 saturated carbocycles. The van der Waals surface area contributed by atoms with E-state index in [2.05, 4.69) is 226 Å². The zero-order valence-corrected chi connectivity index (χ0v) is 38.8. The lowest BCUT2D eigenvalue weighted by molar-refractivity contribution is 0.0900. The molecule has 6 aliphatic heterocycles. The zero-order valence-electron chi connectivity index (χ0n) is 38.8. The summed E-state index contributed by atoms with van der Waals surface area (Å²) < 4.78 is 7.49. The van der Waals surface area contributed by atoms with Crippen LogP contribution in [0.4, 0.5) is 56.9 Å². The molecule has 6 heterocycles. The highest BCUT2D eigenvalue weighted by Crippen LogP contribution is 2.54. The molecule has 0 amide bonds. The van der Waals surface area contributed by atoms with Crippen LogP contribution in [0, 0.1) is 11.8 Å². The molecule has 0 unspecified atom stereocenters. The van der Waals surface area contributed by atoms with Gasteiger partial charge in [0.1, 0.15) is 11.5 Å². The molecule has 0 aromatic heterocycles. The molecular formula is C63H48B2N4O. The summed E-state index contributed by atoms with van der Waals surface area (Å²) >= 11 is 0. The van der Waals surface area contributed by atoms with Gasteiger partial charge in [-0.3, -0.25) is 0 Å². The Hall–Kier alpha value is -7.89. The number of benzene rings is 9. The van der Waals surface area contributed by atoms with Gasteiger partial charge < -0.3 is 24.3 Å². The van der Waals surface area contributed by atoms with E-state index in [1.165, 1.54) is 110 Å². The van der Waals surface area contributed by atoms with Gasteiger partial charge in [-0.1, -0.05) is 127 Å². The SMILES string of the molecule is c1ccc(-c2cc3c4c(c2)N(c2ccccc2)c2ccccc2B4c2cc4c(cc2O3)N(c2ccccc2)c2cc(N3C5CC6CC(C5)CC3C6)cc3c2B4c2ccccc2N3c2ccccc2)cc1. The molecule has 0 atom stereocenters. The number of piperidine rings is 2. The van der Waals surface area contributed by atoms with Gasteiger partial charge in [-0.2, -0.15) is 0 Å².